The standard InChI is InChI=1S/C57H69F2N10O12P/c1-67-27-26-38-20-22-47(69(38)56(77)44(33-67)64-52(73)42-29-37-30-48(61-31-43(37)62-42)57(58,59)82(78,79)80)54(75)63-41(21-24-49(60)70)51(72)65-45(36-16-11-9-12-17-36)34-81-28-13-8-6-4-2-3-5-7-10-15-35-18-14-19-39-40(35)32-68(55(39)76)46-23-25-50(71)66-53(46)74/h9,11-12,14,16-19,29-31,38,41,44-47,62H,2-8,13,20-28,32-34H2,1H3,(H2,60,70)(H,63,75)(H,64,73)(H,65,72)(H,66,71,74)(H2,78,79,80)/t38-,41+,44+,45?,46?,47+/m1/s1. The zero-order chi connectivity index (χ0) is 58.7. The van der Waals surface area contributed by atoms with Crippen LogP contribution in [0.25, 0.3) is 10.9 Å². The summed E-state index contributed by atoms with van der Waals surface area (Å²) in [5.41, 5.74) is 2.56. The molecule has 6 heterocycles. The van der Waals surface area contributed by atoms with E-state index in [-0.39, 0.29) is 73.8 Å². The fourth-order valence-corrected chi connectivity index (χ4v) is 11.4. The number of carbonyl (C=O) groups excluding carboxylic acids is 8. The number of nitrogens with zero attached hydrogens (tertiary/aromatic N) is 4. The molecular weight excluding hydrogens is 1090 g/mol. The third-order valence-electron chi connectivity index (χ3n) is 15.4. The number of carbonyl (C=O) groups is 8. The van der Waals surface area contributed by atoms with Crippen LogP contribution in [0.1, 0.15) is 146 Å². The summed E-state index contributed by atoms with van der Waals surface area (Å²) in [6.45, 7) is 1.36. The number of aromatic nitrogens is 2. The van der Waals surface area contributed by atoms with Gasteiger partial charge in [-0.25, -0.2) is 0 Å². The number of H-pyrrole nitrogens is 1. The Bertz CT molecular complexity index is 3160. The molecule has 0 bridgehead atoms. The van der Waals surface area contributed by atoms with E-state index in [1.54, 1.807) is 19.2 Å². The SMILES string of the molecule is CN1CC[C@H]2CC[C@@H](C(=O)N[C@@H](CCC(N)=O)C(=O)NC(COCCCCCCCCCC#Cc3cccc4c3CN(C3CCC(=O)NC3=O)C4=O)c3ccccc3)N2C(=O)[C@@H](NC(=O)c2cc3cc(C(F)(F)P(=O)(O)O)ncc3[nH]2)C1. The van der Waals surface area contributed by atoms with Gasteiger partial charge in [0.05, 0.1) is 24.4 Å². The maximum absolute atomic E-state index is 14.5. The van der Waals surface area contributed by atoms with Crippen LogP contribution in [0.5, 0.6) is 0 Å². The number of hydrogen-bond acceptors (Lipinski definition) is 12. The number of nitrogens with two attached hydrogens (primary N) is 1. The quantitative estimate of drug-likeness (QED) is 0.0212. The zero-order valence-corrected chi connectivity index (χ0v) is 46.4. The summed E-state index contributed by atoms with van der Waals surface area (Å²) in [4.78, 5) is 135. The monoisotopic (exact) mass is 1150 g/mol. The van der Waals surface area contributed by atoms with Crippen molar-refractivity contribution in [2.75, 3.05) is 33.4 Å². The lowest BCUT2D eigenvalue weighted by Crippen LogP contribution is -2.61. The molecule has 3 saturated heterocycles. The van der Waals surface area contributed by atoms with Crippen molar-refractivity contribution in [3.8, 4) is 11.8 Å². The lowest BCUT2D eigenvalue weighted by Gasteiger charge is -2.38. The molecule has 0 radical (unpaired) electrons. The molecule has 2 unspecified atom stereocenters. The van der Waals surface area contributed by atoms with E-state index >= 15 is 0 Å². The number of unbranched alkanes of at least 4 members (excludes halogenated alkanes) is 7. The maximum Gasteiger partial charge on any atom is 0.401 e. The number of benzene rings is 2. The van der Waals surface area contributed by atoms with Gasteiger partial charge in [0.2, 0.25) is 35.4 Å². The van der Waals surface area contributed by atoms with Gasteiger partial charge in [0.15, 0.2) is 0 Å². The van der Waals surface area contributed by atoms with Crippen LogP contribution in [0, 0.1) is 11.8 Å². The highest BCUT2D eigenvalue weighted by molar-refractivity contribution is 7.52. The number of nitrogens with one attached hydrogen (secondary N) is 5. The second-order valence-electron chi connectivity index (χ2n) is 21.4. The number of pyridine rings is 1. The summed E-state index contributed by atoms with van der Waals surface area (Å²) < 4.78 is 46.5. The summed E-state index contributed by atoms with van der Waals surface area (Å²) in [6.07, 6.45) is 9.66. The first-order valence-electron chi connectivity index (χ1n) is 27.7. The molecule has 9 N–H and O–H groups in total. The van der Waals surface area contributed by atoms with Crippen molar-refractivity contribution in [1.29, 1.82) is 0 Å². The molecule has 4 aliphatic heterocycles. The number of primary amides is 1. The van der Waals surface area contributed by atoms with Gasteiger partial charge in [0, 0.05) is 61.5 Å². The van der Waals surface area contributed by atoms with Gasteiger partial charge >= 0.3 is 13.3 Å². The Kier molecular flexibility index (Phi) is 20.1. The number of amides is 8. The molecule has 0 aliphatic carbocycles. The smallest absolute Gasteiger partial charge is 0.379 e. The van der Waals surface area contributed by atoms with Crippen LogP contribution < -0.4 is 27.0 Å². The molecule has 0 spiro atoms. The number of piperidine rings is 1. The van der Waals surface area contributed by atoms with Crippen molar-refractivity contribution < 1.29 is 66.2 Å². The highest BCUT2D eigenvalue weighted by Crippen LogP contribution is 2.58. The molecule has 438 valence electrons. The van der Waals surface area contributed by atoms with Gasteiger partial charge in [-0.1, -0.05) is 80.3 Å². The minimum atomic E-state index is -5.93. The van der Waals surface area contributed by atoms with Crippen molar-refractivity contribution in [3.63, 3.8) is 0 Å². The van der Waals surface area contributed by atoms with Crippen molar-refractivity contribution in [3.05, 3.63) is 101 Å². The van der Waals surface area contributed by atoms with E-state index in [0.717, 1.165) is 73.9 Å². The van der Waals surface area contributed by atoms with Crippen LogP contribution in [-0.2, 0) is 50.3 Å². The maximum atomic E-state index is 14.5. The molecule has 0 saturated carbocycles. The summed E-state index contributed by atoms with van der Waals surface area (Å²) in [5.74, 6) is 2.18. The van der Waals surface area contributed by atoms with Gasteiger partial charge in [0.25, 0.3) is 11.8 Å². The highest BCUT2D eigenvalue weighted by atomic mass is 31.2. The molecule has 3 fully saturated rings. The van der Waals surface area contributed by atoms with Crippen LogP contribution in [-0.4, -0.2) is 145 Å². The minimum Gasteiger partial charge on any atom is -0.379 e. The fraction of sp³-hybridized carbons (Fsp3) is 0.491. The van der Waals surface area contributed by atoms with Crippen LogP contribution >= 0.6 is 7.60 Å². The lowest BCUT2D eigenvalue weighted by atomic mass is 10.0. The number of likely N-dealkylation sites (N-methyl/N-ethyl adjacent to an activating group) is 1. The Labute approximate surface area is 472 Å². The molecule has 6 atom stereocenters. The predicted octanol–water partition coefficient (Wildman–Crippen LogP) is 4.14. The normalized spacial score (nSPS) is 20.2. The van der Waals surface area contributed by atoms with E-state index in [9.17, 15) is 61.5 Å². The van der Waals surface area contributed by atoms with Gasteiger partial charge in [0.1, 0.15) is 35.6 Å². The molecule has 2 aromatic heterocycles. The average molecular weight is 1160 g/mol. The first-order chi connectivity index (χ1) is 39.2. The van der Waals surface area contributed by atoms with E-state index < -0.39 is 90.6 Å². The van der Waals surface area contributed by atoms with E-state index in [1.807, 2.05) is 41.3 Å². The van der Waals surface area contributed by atoms with Crippen LogP contribution in [0.15, 0.2) is 66.9 Å². The minimum absolute atomic E-state index is 0.00425. The first kappa shape index (κ1) is 60.7. The molecule has 4 aromatic rings. The number of rotatable bonds is 24. The molecule has 2 aromatic carbocycles. The molecule has 22 nitrogen and oxygen atoms in total. The van der Waals surface area contributed by atoms with E-state index in [0.29, 0.717) is 44.4 Å². The summed E-state index contributed by atoms with van der Waals surface area (Å²) >= 11 is 0. The lowest BCUT2D eigenvalue weighted by molar-refractivity contribution is -0.144. The number of fused-ring (bicyclic) bond motifs is 3. The number of imide groups is 1. The largest absolute Gasteiger partial charge is 0.401 e. The second kappa shape index (κ2) is 27.1. The van der Waals surface area contributed by atoms with Gasteiger partial charge in [-0.3, -0.25) is 53.2 Å². The fourth-order valence-electron chi connectivity index (χ4n) is 11.0. The van der Waals surface area contributed by atoms with E-state index in [2.05, 4.69) is 43.1 Å². The molecular formula is C57H69F2N10O12P. The van der Waals surface area contributed by atoms with Crippen molar-refractivity contribution >= 4 is 65.8 Å². The average Bonchev–Trinajstić information content (AvgIpc) is 4.33. The summed E-state index contributed by atoms with van der Waals surface area (Å²) in [7, 11) is -4.15. The molecule has 25 heteroatoms. The van der Waals surface area contributed by atoms with Crippen LogP contribution in [0.4, 0.5) is 8.78 Å². The Morgan fingerprint density at radius 1 is 0.939 bits per heavy atom. The van der Waals surface area contributed by atoms with Crippen molar-refractivity contribution in [2.45, 2.75) is 145 Å². The van der Waals surface area contributed by atoms with Crippen molar-refractivity contribution in [2.24, 2.45) is 5.73 Å². The topological polar surface area (TPSA) is 316 Å². The number of alkyl halides is 2. The third kappa shape index (κ3) is 14.8. The Balaban J connectivity index is 0.800. The van der Waals surface area contributed by atoms with Gasteiger partial charge < -0.3 is 55.9 Å². The number of halogens is 2. The number of aromatic amines is 1. The second-order valence-corrected chi connectivity index (χ2v) is 23.0. The van der Waals surface area contributed by atoms with Gasteiger partial charge in [-0.2, -0.15) is 8.78 Å². The Morgan fingerprint density at radius 2 is 1.68 bits per heavy atom. The number of hydrogen-bond donors (Lipinski definition) is 8. The zero-order valence-electron chi connectivity index (χ0n) is 45.5. The molecule has 4 aliphatic rings. The van der Waals surface area contributed by atoms with Gasteiger partial charge in [-0.15, -0.1) is 0 Å². The van der Waals surface area contributed by atoms with E-state index in [4.69, 9.17) is 10.5 Å². The first-order valence-corrected chi connectivity index (χ1v) is 29.3. The summed E-state index contributed by atoms with van der Waals surface area (Å²) in [5, 5.41) is 10.8. The number of ether oxygens (including phenoxy) is 1. The highest BCUT2D eigenvalue weighted by Gasteiger charge is 2.52. The van der Waals surface area contributed by atoms with Crippen LogP contribution in [0.2, 0.25) is 0 Å². The Hall–Kier alpha value is -7.42. The molecule has 8 rings (SSSR count). The van der Waals surface area contributed by atoms with Gasteiger partial charge in [-0.05, 0) is 93.9 Å². The molecule has 82 heavy (non-hydrogen) atoms. The Morgan fingerprint density at radius 3 is 2.41 bits per heavy atom. The molecule has 8 amide bonds. The summed E-state index contributed by atoms with van der Waals surface area (Å²) in [6, 6.07) is 11.3. The van der Waals surface area contributed by atoms with E-state index in [1.165, 1.54) is 15.9 Å². The predicted molar refractivity (Wildman–Crippen MR) is 294 cm³/mol. The van der Waals surface area contributed by atoms with Crippen molar-refractivity contribution in [1.82, 2.24) is 45.9 Å². The van der Waals surface area contributed by atoms with Crippen LogP contribution in [0.3, 0.4) is 0 Å². The third-order valence-corrected chi connectivity index (χ3v) is 16.4.